The summed E-state index contributed by atoms with van der Waals surface area (Å²) >= 11 is 0. The van der Waals surface area contributed by atoms with Gasteiger partial charge in [0.05, 0.1) is 0 Å². The molecule has 1 amide bonds. The second-order valence-corrected chi connectivity index (χ2v) is 6.37. The van der Waals surface area contributed by atoms with Crippen LogP contribution in [-0.2, 0) is 0 Å². The van der Waals surface area contributed by atoms with Gasteiger partial charge in [-0.05, 0) is 63.7 Å². The fourth-order valence-electron chi connectivity index (χ4n) is 3.51. The minimum absolute atomic E-state index is 0.0685. The summed E-state index contributed by atoms with van der Waals surface area (Å²) in [5.74, 6) is 0.0685. The van der Waals surface area contributed by atoms with E-state index in [9.17, 15) is 4.79 Å². The van der Waals surface area contributed by atoms with Gasteiger partial charge >= 0.3 is 0 Å². The van der Waals surface area contributed by atoms with Crippen LogP contribution in [-0.4, -0.2) is 35.6 Å². The van der Waals surface area contributed by atoms with Gasteiger partial charge in [-0.3, -0.25) is 4.79 Å². The summed E-state index contributed by atoms with van der Waals surface area (Å²) in [4.78, 5) is 12.5. The summed E-state index contributed by atoms with van der Waals surface area (Å²) in [5.41, 5.74) is 6.72. The molecule has 0 atom stereocenters. The van der Waals surface area contributed by atoms with Crippen LogP contribution in [0.3, 0.4) is 0 Å². The molecule has 0 unspecified atom stereocenters. The third-order valence-electron chi connectivity index (χ3n) is 4.82. The number of carbonyl (C=O) groups is 1. The van der Waals surface area contributed by atoms with Crippen molar-refractivity contribution in [2.24, 2.45) is 5.73 Å². The van der Waals surface area contributed by atoms with Gasteiger partial charge in [0.25, 0.3) is 5.91 Å². The van der Waals surface area contributed by atoms with Crippen LogP contribution in [0, 0.1) is 0 Å². The molecule has 0 radical (unpaired) electrons. The van der Waals surface area contributed by atoms with Gasteiger partial charge in [-0.1, -0.05) is 0 Å². The number of nitrogens with zero attached hydrogens (tertiary/aromatic N) is 1. The van der Waals surface area contributed by atoms with E-state index in [1.807, 2.05) is 18.3 Å². The third kappa shape index (κ3) is 3.47. The third-order valence-corrected chi connectivity index (χ3v) is 4.82. The summed E-state index contributed by atoms with van der Waals surface area (Å²) in [7, 11) is 0. The van der Waals surface area contributed by atoms with Crippen molar-refractivity contribution in [3.63, 3.8) is 0 Å². The predicted octanol–water partition coefficient (Wildman–Crippen LogP) is 1.41. The van der Waals surface area contributed by atoms with Crippen molar-refractivity contribution in [1.82, 2.24) is 15.2 Å². The predicted molar refractivity (Wildman–Crippen MR) is 83.3 cm³/mol. The molecule has 1 aliphatic heterocycles. The topological polar surface area (TPSA) is 72.1 Å². The highest BCUT2D eigenvalue weighted by Gasteiger charge is 2.23. The Kier molecular flexibility index (Phi) is 4.60. The van der Waals surface area contributed by atoms with Gasteiger partial charge in [0, 0.05) is 24.3 Å². The van der Waals surface area contributed by atoms with Crippen molar-refractivity contribution >= 4 is 5.91 Å². The van der Waals surface area contributed by atoms with Crippen LogP contribution in [0.1, 0.15) is 55.1 Å². The maximum atomic E-state index is 12.5. The molecule has 1 saturated heterocycles. The summed E-state index contributed by atoms with van der Waals surface area (Å²) in [5, 5.41) is 6.56. The lowest BCUT2D eigenvalue weighted by Gasteiger charge is -2.28. The number of amides is 1. The van der Waals surface area contributed by atoms with Crippen molar-refractivity contribution in [3.8, 4) is 0 Å². The number of rotatable bonds is 3. The zero-order chi connectivity index (χ0) is 14.7. The van der Waals surface area contributed by atoms with E-state index in [4.69, 9.17) is 5.73 Å². The number of hydrogen-bond donors (Lipinski definition) is 3. The largest absolute Gasteiger partial charge is 0.348 e. The smallest absolute Gasteiger partial charge is 0.268 e. The Hall–Kier alpha value is -1.33. The van der Waals surface area contributed by atoms with E-state index < -0.39 is 0 Å². The molecule has 1 saturated carbocycles. The van der Waals surface area contributed by atoms with Crippen molar-refractivity contribution in [1.29, 1.82) is 0 Å². The molecule has 0 spiro atoms. The molecule has 4 N–H and O–H groups in total. The van der Waals surface area contributed by atoms with Crippen molar-refractivity contribution in [2.45, 2.75) is 56.7 Å². The average molecular weight is 290 g/mol. The summed E-state index contributed by atoms with van der Waals surface area (Å²) < 4.78 is 2.16. The minimum atomic E-state index is 0.0685. The van der Waals surface area contributed by atoms with Crippen LogP contribution in [0.2, 0.25) is 0 Å². The van der Waals surface area contributed by atoms with Crippen LogP contribution in [0.5, 0.6) is 0 Å². The van der Waals surface area contributed by atoms with Gasteiger partial charge in [-0.2, -0.15) is 0 Å². The second kappa shape index (κ2) is 6.62. The molecule has 2 heterocycles. The number of nitrogens with one attached hydrogen (secondary N) is 2. The highest BCUT2D eigenvalue weighted by Crippen LogP contribution is 2.22. The first-order valence-electron chi connectivity index (χ1n) is 8.18. The van der Waals surface area contributed by atoms with Crippen LogP contribution < -0.4 is 16.4 Å². The fourth-order valence-corrected chi connectivity index (χ4v) is 3.51. The van der Waals surface area contributed by atoms with Crippen molar-refractivity contribution in [3.05, 3.63) is 24.0 Å². The SMILES string of the molecule is NC1CCC(NC(=O)c2cccn2C2CCNCC2)CC1. The molecule has 0 bridgehead atoms. The normalized spacial score (nSPS) is 27.5. The average Bonchev–Trinajstić information content (AvgIpc) is 3.00. The summed E-state index contributed by atoms with van der Waals surface area (Å²) in [6, 6.07) is 4.96. The second-order valence-electron chi connectivity index (χ2n) is 6.37. The first-order chi connectivity index (χ1) is 10.2. The molecule has 2 fully saturated rings. The molecule has 5 nitrogen and oxygen atoms in total. The molecule has 2 aliphatic rings. The first-order valence-corrected chi connectivity index (χ1v) is 8.18. The number of piperidine rings is 1. The molecule has 116 valence electrons. The Balaban J connectivity index is 1.63. The van der Waals surface area contributed by atoms with Crippen LogP contribution in [0.25, 0.3) is 0 Å². The zero-order valence-electron chi connectivity index (χ0n) is 12.6. The Morgan fingerprint density at radius 2 is 1.90 bits per heavy atom. The van der Waals surface area contributed by atoms with Gasteiger partial charge in [-0.25, -0.2) is 0 Å². The Labute approximate surface area is 126 Å². The van der Waals surface area contributed by atoms with Crippen molar-refractivity contribution < 1.29 is 4.79 Å². The molecule has 1 aliphatic carbocycles. The van der Waals surface area contributed by atoms with Crippen LogP contribution >= 0.6 is 0 Å². The lowest BCUT2D eigenvalue weighted by molar-refractivity contribution is 0.0913. The standard InChI is InChI=1S/C16H26N4O/c17-12-3-5-13(6-4-12)19-16(21)15-2-1-11-20(15)14-7-9-18-10-8-14/h1-2,11-14,18H,3-10,17H2,(H,19,21). The highest BCUT2D eigenvalue weighted by molar-refractivity contribution is 5.93. The van der Waals surface area contributed by atoms with Gasteiger partial charge in [-0.15, -0.1) is 0 Å². The van der Waals surface area contributed by atoms with Gasteiger partial charge < -0.3 is 20.9 Å². The molecule has 5 heteroatoms. The zero-order valence-corrected chi connectivity index (χ0v) is 12.6. The van der Waals surface area contributed by atoms with E-state index in [1.54, 1.807) is 0 Å². The van der Waals surface area contributed by atoms with E-state index in [1.165, 1.54) is 0 Å². The minimum Gasteiger partial charge on any atom is -0.348 e. The van der Waals surface area contributed by atoms with Gasteiger partial charge in [0.1, 0.15) is 5.69 Å². The lowest BCUT2D eigenvalue weighted by Crippen LogP contribution is -2.41. The first kappa shape index (κ1) is 14.6. The van der Waals surface area contributed by atoms with E-state index >= 15 is 0 Å². The molecular weight excluding hydrogens is 264 g/mol. The summed E-state index contributed by atoms with van der Waals surface area (Å²) in [6.45, 7) is 2.06. The quantitative estimate of drug-likeness (QED) is 0.788. The van der Waals surface area contributed by atoms with E-state index in [2.05, 4.69) is 15.2 Å². The maximum absolute atomic E-state index is 12.5. The highest BCUT2D eigenvalue weighted by atomic mass is 16.2. The summed E-state index contributed by atoms with van der Waals surface area (Å²) in [6.07, 6.45) is 8.25. The molecular formula is C16H26N4O. The fraction of sp³-hybridized carbons (Fsp3) is 0.688. The van der Waals surface area contributed by atoms with Crippen molar-refractivity contribution in [2.75, 3.05) is 13.1 Å². The van der Waals surface area contributed by atoms with Gasteiger partial charge in [0.15, 0.2) is 0 Å². The lowest BCUT2D eigenvalue weighted by atomic mass is 9.92. The Morgan fingerprint density at radius 1 is 1.19 bits per heavy atom. The van der Waals surface area contributed by atoms with Gasteiger partial charge in [0.2, 0.25) is 0 Å². The molecule has 0 aromatic carbocycles. The molecule has 1 aromatic heterocycles. The number of nitrogens with two attached hydrogens (primary N) is 1. The number of hydrogen-bond acceptors (Lipinski definition) is 3. The molecule has 1 aromatic rings. The monoisotopic (exact) mass is 290 g/mol. The molecule has 3 rings (SSSR count). The Bertz CT molecular complexity index is 470. The van der Waals surface area contributed by atoms with Crippen LogP contribution in [0.4, 0.5) is 0 Å². The van der Waals surface area contributed by atoms with Crippen LogP contribution in [0.15, 0.2) is 18.3 Å². The molecule has 21 heavy (non-hydrogen) atoms. The number of carbonyl (C=O) groups excluding carboxylic acids is 1. The Morgan fingerprint density at radius 3 is 2.62 bits per heavy atom. The van der Waals surface area contributed by atoms with E-state index in [-0.39, 0.29) is 11.9 Å². The maximum Gasteiger partial charge on any atom is 0.268 e. The van der Waals surface area contributed by atoms with E-state index in [0.29, 0.717) is 12.1 Å². The van der Waals surface area contributed by atoms with E-state index in [0.717, 1.165) is 57.3 Å². The number of aromatic nitrogens is 1.